The Morgan fingerprint density at radius 2 is 2.08 bits per heavy atom. The Hall–Kier alpha value is -0.840. The molecule has 2 amide bonds. The fourth-order valence-corrected chi connectivity index (χ4v) is 0.846. The van der Waals surface area contributed by atoms with Crippen molar-refractivity contribution in [2.45, 2.75) is 38.3 Å². The van der Waals surface area contributed by atoms with Crippen molar-refractivity contribution in [3.8, 4) is 0 Å². The SMILES string of the molecule is CC(C)(NC(=O)NC1CC1)C(N)=S. The van der Waals surface area contributed by atoms with Gasteiger partial charge in [0.05, 0.1) is 10.5 Å². The van der Waals surface area contributed by atoms with Crippen molar-refractivity contribution >= 4 is 23.2 Å². The summed E-state index contributed by atoms with van der Waals surface area (Å²) in [6.07, 6.45) is 2.14. The minimum absolute atomic E-state index is 0.194. The molecule has 5 heteroatoms. The lowest BCUT2D eigenvalue weighted by Gasteiger charge is -2.24. The molecule has 74 valence electrons. The van der Waals surface area contributed by atoms with Crippen LogP contribution in [0.15, 0.2) is 0 Å². The minimum Gasteiger partial charge on any atom is -0.391 e. The molecule has 0 radical (unpaired) electrons. The lowest BCUT2D eigenvalue weighted by molar-refractivity contribution is 0.235. The summed E-state index contributed by atoms with van der Waals surface area (Å²) in [6.45, 7) is 3.56. The van der Waals surface area contributed by atoms with Crippen molar-refractivity contribution in [2.24, 2.45) is 5.73 Å². The van der Waals surface area contributed by atoms with E-state index in [0.29, 0.717) is 11.0 Å². The molecule has 0 aromatic heterocycles. The van der Waals surface area contributed by atoms with Crippen LogP contribution in [0.1, 0.15) is 26.7 Å². The van der Waals surface area contributed by atoms with Crippen molar-refractivity contribution in [3.05, 3.63) is 0 Å². The molecule has 1 aliphatic rings. The molecule has 0 aromatic carbocycles. The highest BCUT2D eigenvalue weighted by molar-refractivity contribution is 7.80. The second kappa shape index (κ2) is 3.49. The van der Waals surface area contributed by atoms with E-state index in [-0.39, 0.29) is 6.03 Å². The summed E-state index contributed by atoms with van der Waals surface area (Å²) < 4.78 is 0. The van der Waals surface area contributed by atoms with Gasteiger partial charge in [-0.2, -0.15) is 0 Å². The van der Waals surface area contributed by atoms with Crippen LogP contribution in [0.3, 0.4) is 0 Å². The third-order valence-electron chi connectivity index (χ3n) is 1.95. The number of urea groups is 1. The third kappa shape index (κ3) is 3.18. The Bertz CT molecular complexity index is 236. The molecule has 1 aliphatic carbocycles. The van der Waals surface area contributed by atoms with Crippen LogP contribution in [0.4, 0.5) is 4.79 Å². The van der Waals surface area contributed by atoms with Crippen molar-refractivity contribution in [1.29, 1.82) is 0 Å². The van der Waals surface area contributed by atoms with E-state index in [4.69, 9.17) is 18.0 Å². The smallest absolute Gasteiger partial charge is 0.315 e. The number of carbonyl (C=O) groups excluding carboxylic acids is 1. The molecule has 4 N–H and O–H groups in total. The van der Waals surface area contributed by atoms with Gasteiger partial charge in [0.15, 0.2) is 0 Å². The Morgan fingerprint density at radius 1 is 1.54 bits per heavy atom. The first-order chi connectivity index (χ1) is 5.92. The number of hydrogen-bond donors (Lipinski definition) is 3. The standard InChI is InChI=1S/C8H15N3OS/c1-8(2,6(9)13)11-7(12)10-5-3-4-5/h5H,3-4H2,1-2H3,(H2,9,13)(H2,10,11,12). The van der Waals surface area contributed by atoms with Gasteiger partial charge in [-0.3, -0.25) is 0 Å². The van der Waals surface area contributed by atoms with E-state index in [9.17, 15) is 4.79 Å². The maximum absolute atomic E-state index is 11.3. The fraction of sp³-hybridized carbons (Fsp3) is 0.750. The first-order valence-corrected chi connectivity index (χ1v) is 4.71. The maximum Gasteiger partial charge on any atom is 0.315 e. The van der Waals surface area contributed by atoms with Crippen molar-refractivity contribution in [1.82, 2.24) is 10.6 Å². The lowest BCUT2D eigenvalue weighted by Crippen LogP contribution is -2.55. The summed E-state index contributed by atoms with van der Waals surface area (Å²) in [4.78, 5) is 11.6. The Labute approximate surface area is 83.2 Å². The molecule has 0 aromatic rings. The molecule has 0 spiro atoms. The number of rotatable bonds is 3. The van der Waals surface area contributed by atoms with Crippen LogP contribution in [-0.2, 0) is 0 Å². The lowest BCUT2D eigenvalue weighted by atomic mass is 10.1. The molecule has 4 nitrogen and oxygen atoms in total. The third-order valence-corrected chi connectivity index (χ3v) is 2.46. The van der Waals surface area contributed by atoms with Gasteiger partial charge in [0.25, 0.3) is 0 Å². The first-order valence-electron chi connectivity index (χ1n) is 4.30. The Balaban J connectivity index is 2.36. The topological polar surface area (TPSA) is 67.2 Å². The van der Waals surface area contributed by atoms with Crippen LogP contribution in [0.25, 0.3) is 0 Å². The summed E-state index contributed by atoms with van der Waals surface area (Å²) in [5, 5.41) is 5.51. The second-order valence-electron chi connectivity index (χ2n) is 3.86. The highest BCUT2D eigenvalue weighted by Crippen LogP contribution is 2.18. The molecule has 0 aliphatic heterocycles. The van der Waals surface area contributed by atoms with E-state index in [1.165, 1.54) is 0 Å². The average Bonchev–Trinajstić information content (AvgIpc) is 2.69. The zero-order valence-electron chi connectivity index (χ0n) is 7.89. The molecule has 13 heavy (non-hydrogen) atoms. The minimum atomic E-state index is -0.617. The second-order valence-corrected chi connectivity index (χ2v) is 4.30. The van der Waals surface area contributed by atoms with Crippen molar-refractivity contribution in [3.63, 3.8) is 0 Å². The van der Waals surface area contributed by atoms with Gasteiger partial charge in [-0.15, -0.1) is 0 Å². The number of nitrogens with two attached hydrogens (primary N) is 1. The summed E-state index contributed by atoms with van der Waals surface area (Å²) in [5.74, 6) is 0. The molecule has 0 atom stereocenters. The van der Waals surface area contributed by atoms with E-state index in [1.807, 2.05) is 0 Å². The van der Waals surface area contributed by atoms with Gasteiger partial charge in [-0.05, 0) is 26.7 Å². The summed E-state index contributed by atoms with van der Waals surface area (Å²) in [5.41, 5.74) is 4.84. The van der Waals surface area contributed by atoms with Crippen LogP contribution >= 0.6 is 12.2 Å². The molecule has 0 unspecified atom stereocenters. The highest BCUT2D eigenvalue weighted by atomic mass is 32.1. The number of nitrogens with one attached hydrogen (secondary N) is 2. The molecular formula is C8H15N3OS. The van der Waals surface area contributed by atoms with Gasteiger partial charge in [0, 0.05) is 6.04 Å². The van der Waals surface area contributed by atoms with E-state index in [1.54, 1.807) is 13.8 Å². The van der Waals surface area contributed by atoms with Crippen LogP contribution in [0.2, 0.25) is 0 Å². The largest absolute Gasteiger partial charge is 0.391 e. The van der Waals surface area contributed by atoms with Gasteiger partial charge < -0.3 is 16.4 Å². The molecule has 1 rings (SSSR count). The monoisotopic (exact) mass is 201 g/mol. The number of thiocarbonyl (C=S) groups is 1. The number of amides is 2. The van der Waals surface area contributed by atoms with Gasteiger partial charge >= 0.3 is 6.03 Å². The molecule has 1 saturated carbocycles. The van der Waals surface area contributed by atoms with E-state index in [0.717, 1.165) is 12.8 Å². The van der Waals surface area contributed by atoms with E-state index in [2.05, 4.69) is 10.6 Å². The van der Waals surface area contributed by atoms with E-state index < -0.39 is 5.54 Å². The number of carbonyl (C=O) groups is 1. The van der Waals surface area contributed by atoms with E-state index >= 15 is 0 Å². The number of hydrogen-bond acceptors (Lipinski definition) is 2. The predicted molar refractivity (Wildman–Crippen MR) is 55.6 cm³/mol. The fourth-order valence-electron chi connectivity index (χ4n) is 0.795. The van der Waals surface area contributed by atoms with Gasteiger partial charge in [0.1, 0.15) is 0 Å². The Morgan fingerprint density at radius 3 is 2.46 bits per heavy atom. The van der Waals surface area contributed by atoms with Crippen molar-refractivity contribution in [2.75, 3.05) is 0 Å². The summed E-state index contributed by atoms with van der Waals surface area (Å²) >= 11 is 4.81. The van der Waals surface area contributed by atoms with Gasteiger partial charge in [-0.1, -0.05) is 12.2 Å². The molecule has 0 saturated heterocycles. The summed E-state index contributed by atoms with van der Waals surface area (Å²) in [6, 6.07) is 0.155. The predicted octanol–water partition coefficient (Wildman–Crippen LogP) is 0.513. The zero-order valence-corrected chi connectivity index (χ0v) is 8.70. The average molecular weight is 201 g/mol. The first kappa shape index (κ1) is 10.2. The normalized spacial score (nSPS) is 16.5. The summed E-state index contributed by atoms with van der Waals surface area (Å²) in [7, 11) is 0. The van der Waals surface area contributed by atoms with Gasteiger partial charge in [0.2, 0.25) is 0 Å². The zero-order chi connectivity index (χ0) is 10.1. The maximum atomic E-state index is 11.3. The molecule has 0 heterocycles. The van der Waals surface area contributed by atoms with Crippen molar-refractivity contribution < 1.29 is 4.79 Å². The van der Waals surface area contributed by atoms with Crippen LogP contribution in [-0.4, -0.2) is 22.6 Å². The van der Waals surface area contributed by atoms with Gasteiger partial charge in [-0.25, -0.2) is 4.79 Å². The van der Waals surface area contributed by atoms with Crippen LogP contribution in [0, 0.1) is 0 Å². The van der Waals surface area contributed by atoms with Crippen LogP contribution in [0.5, 0.6) is 0 Å². The molecule has 0 bridgehead atoms. The van der Waals surface area contributed by atoms with Crippen LogP contribution < -0.4 is 16.4 Å². The highest BCUT2D eigenvalue weighted by Gasteiger charge is 2.27. The Kier molecular flexibility index (Phi) is 2.75. The molecule has 1 fully saturated rings. The molecular weight excluding hydrogens is 186 g/mol. The quantitative estimate of drug-likeness (QED) is 0.583.